The van der Waals surface area contributed by atoms with E-state index in [2.05, 4.69) is 9.97 Å². The molecule has 0 radical (unpaired) electrons. The van der Waals surface area contributed by atoms with E-state index < -0.39 is 10.0 Å². The number of sulfonamides is 1. The maximum atomic E-state index is 14.3. The number of imide groups is 1. The van der Waals surface area contributed by atoms with Crippen molar-refractivity contribution in [3.05, 3.63) is 114 Å². The number of amides is 2. The molecule has 0 saturated heterocycles. The molecular weight excluding hydrogens is 688 g/mol. The van der Waals surface area contributed by atoms with Gasteiger partial charge in [-0.15, -0.1) is 35.1 Å². The second-order valence-electron chi connectivity index (χ2n) is 10.9. The molecule has 14 heteroatoms. The van der Waals surface area contributed by atoms with Gasteiger partial charge in [0.2, 0.25) is 21.8 Å². The summed E-state index contributed by atoms with van der Waals surface area (Å²) in [5.74, 6) is -0.779. The van der Waals surface area contributed by atoms with Gasteiger partial charge in [-0.25, -0.2) is 23.5 Å². The molecule has 0 bridgehead atoms. The van der Waals surface area contributed by atoms with Crippen LogP contribution in [0.15, 0.2) is 113 Å². The third-order valence-corrected chi connectivity index (χ3v) is 10.6. The molecule has 2 amide bonds. The average Bonchev–Trinajstić information content (AvgIpc) is 3.88. The van der Waals surface area contributed by atoms with E-state index in [1.807, 2.05) is 80.6 Å². The van der Waals surface area contributed by atoms with Crippen molar-refractivity contribution in [2.24, 2.45) is 5.14 Å². The van der Waals surface area contributed by atoms with Gasteiger partial charge in [0, 0.05) is 29.7 Å². The molecule has 6 heterocycles. The number of nitrogens with two attached hydrogens (primary N) is 1. The number of thiophene rings is 2. The number of aromatic nitrogens is 4. The third kappa shape index (κ3) is 6.68. The highest BCUT2D eigenvalue weighted by molar-refractivity contribution is 7.89. The van der Waals surface area contributed by atoms with Crippen LogP contribution in [0.5, 0.6) is 0 Å². The summed E-state index contributed by atoms with van der Waals surface area (Å²) in [4.78, 5) is 40.9. The minimum Gasteiger partial charge on any atom is -0.315 e. The van der Waals surface area contributed by atoms with Crippen molar-refractivity contribution in [2.45, 2.75) is 24.4 Å². The van der Waals surface area contributed by atoms with E-state index in [1.54, 1.807) is 47.2 Å². The van der Waals surface area contributed by atoms with E-state index in [-0.39, 0.29) is 48.8 Å². The van der Waals surface area contributed by atoms with Crippen LogP contribution in [0.2, 0.25) is 0 Å². The summed E-state index contributed by atoms with van der Waals surface area (Å²) in [6, 6.07) is 25.6. The lowest BCUT2D eigenvalue weighted by Crippen LogP contribution is -2.42. The van der Waals surface area contributed by atoms with Gasteiger partial charge in [0.05, 0.1) is 26.0 Å². The second-order valence-corrected chi connectivity index (χ2v) is 14.4. The first-order chi connectivity index (χ1) is 22.8. The highest BCUT2D eigenvalue weighted by Gasteiger charge is 2.26. The molecule has 7 aromatic rings. The largest absolute Gasteiger partial charge is 0.315 e. The number of hydrogen-bond donors (Lipinski definition) is 1. The fourth-order valence-electron chi connectivity index (χ4n) is 5.67. The lowest BCUT2D eigenvalue weighted by molar-refractivity contribution is -0.145. The Morgan fingerprint density at radius 3 is 1.67 bits per heavy atom. The monoisotopic (exact) mass is 716 g/mol. The number of hydrogen-bond acceptors (Lipinski definition) is 8. The molecule has 0 aliphatic heterocycles. The number of rotatable bonds is 10. The topological polar surface area (TPSA) is 133 Å². The lowest BCUT2D eigenvalue weighted by atomic mass is 10.1. The molecule has 0 unspecified atom stereocenters. The number of carbonyl (C=O) groups excluding carboxylic acids is 2. The summed E-state index contributed by atoms with van der Waals surface area (Å²) in [6.07, 6.45) is 3.69. The van der Waals surface area contributed by atoms with Crippen LogP contribution in [0.4, 0.5) is 0 Å². The van der Waals surface area contributed by atoms with Crippen molar-refractivity contribution in [1.29, 1.82) is 0 Å². The number of pyridine rings is 2. The molecule has 0 spiro atoms. The summed E-state index contributed by atoms with van der Waals surface area (Å²) in [7, 11) is -3.85. The molecule has 10 nitrogen and oxygen atoms in total. The Labute approximate surface area is 290 Å². The molecule has 0 atom stereocenters. The fraction of sp³-hybridized carbons (Fsp3) is 0.118. The molecular formula is C34H29ClN6O4S3. The number of nitrogens with zero attached hydrogens (tertiary/aromatic N) is 5. The molecule has 0 aliphatic rings. The first-order valence-electron chi connectivity index (χ1n) is 14.7. The fourth-order valence-corrected chi connectivity index (χ4v) is 7.68. The predicted molar refractivity (Wildman–Crippen MR) is 192 cm³/mol. The van der Waals surface area contributed by atoms with Gasteiger partial charge in [-0.3, -0.25) is 14.5 Å². The Balaban J connectivity index is 0.00000401. The van der Waals surface area contributed by atoms with Crippen molar-refractivity contribution >= 4 is 79.0 Å². The first-order valence-corrected chi connectivity index (χ1v) is 18.0. The minimum atomic E-state index is -3.85. The molecule has 6 aromatic heterocycles. The van der Waals surface area contributed by atoms with E-state index in [4.69, 9.17) is 5.14 Å². The summed E-state index contributed by atoms with van der Waals surface area (Å²) in [6.45, 7) is -0.132. The van der Waals surface area contributed by atoms with Gasteiger partial charge < -0.3 is 9.13 Å². The van der Waals surface area contributed by atoms with Gasteiger partial charge >= 0.3 is 0 Å². The normalized spacial score (nSPS) is 11.5. The van der Waals surface area contributed by atoms with Crippen LogP contribution >= 0.6 is 35.1 Å². The molecule has 0 aliphatic carbocycles. The van der Waals surface area contributed by atoms with Crippen molar-refractivity contribution in [3.8, 4) is 21.1 Å². The van der Waals surface area contributed by atoms with Crippen LogP contribution in [0.25, 0.3) is 43.2 Å². The van der Waals surface area contributed by atoms with E-state index in [0.717, 1.165) is 37.5 Å². The van der Waals surface area contributed by atoms with Gasteiger partial charge in [0.1, 0.15) is 24.4 Å². The molecule has 48 heavy (non-hydrogen) atoms. The standard InChI is InChI=1S/C34H28N6O4S3.ClH/c35-47(43,44)26-11-9-23(10-12-26)13-16-38(31(41)21-39-27(29-7-3-17-45-29)19-24-5-1-14-36-33(24)39)32(42)22-40-28(30-8-4-18-46-30)20-25-6-2-15-37-34(25)40;/h1-12,14-15,17-20H,13,16,21-22H2,(H2,35,43,44);1H. The van der Waals surface area contributed by atoms with Crippen LogP contribution in [-0.2, 0) is 39.1 Å². The van der Waals surface area contributed by atoms with Crippen LogP contribution in [0.1, 0.15) is 5.56 Å². The highest BCUT2D eigenvalue weighted by Crippen LogP contribution is 2.32. The molecule has 0 saturated carbocycles. The molecule has 0 fully saturated rings. The van der Waals surface area contributed by atoms with Crippen LogP contribution < -0.4 is 5.14 Å². The number of benzene rings is 1. The molecule has 1 aromatic carbocycles. The van der Waals surface area contributed by atoms with Gasteiger partial charge in [-0.05, 0) is 83.4 Å². The SMILES string of the molecule is Cl.NS(=O)(=O)c1ccc(CCN(C(=O)Cn2c(-c3cccs3)cc3cccnc32)C(=O)Cn2c(-c3cccs3)cc3cccnc32)cc1. The van der Waals surface area contributed by atoms with Crippen molar-refractivity contribution in [2.75, 3.05) is 6.54 Å². The first kappa shape index (κ1) is 33.2. The highest BCUT2D eigenvalue weighted by atomic mass is 35.5. The van der Waals surface area contributed by atoms with Crippen molar-refractivity contribution < 1.29 is 18.0 Å². The second kappa shape index (κ2) is 13.8. The Morgan fingerprint density at radius 1 is 0.729 bits per heavy atom. The maximum Gasteiger partial charge on any atom is 0.249 e. The zero-order valence-corrected chi connectivity index (χ0v) is 28.6. The van der Waals surface area contributed by atoms with E-state index >= 15 is 0 Å². The van der Waals surface area contributed by atoms with Crippen molar-refractivity contribution in [1.82, 2.24) is 24.0 Å². The number of halogens is 1. The van der Waals surface area contributed by atoms with Gasteiger partial charge in [-0.2, -0.15) is 0 Å². The van der Waals surface area contributed by atoms with E-state index in [0.29, 0.717) is 17.7 Å². The van der Waals surface area contributed by atoms with Gasteiger partial charge in [0.25, 0.3) is 0 Å². The average molecular weight is 717 g/mol. The van der Waals surface area contributed by atoms with Crippen LogP contribution in [-0.4, -0.2) is 50.8 Å². The maximum absolute atomic E-state index is 14.3. The summed E-state index contributed by atoms with van der Waals surface area (Å²) in [5.41, 5.74) is 3.73. The summed E-state index contributed by atoms with van der Waals surface area (Å²) >= 11 is 3.12. The third-order valence-electron chi connectivity index (χ3n) is 7.92. The minimum absolute atomic E-state index is 0. The predicted octanol–water partition coefficient (Wildman–Crippen LogP) is 6.21. The van der Waals surface area contributed by atoms with Gasteiger partial charge in [-0.1, -0.05) is 24.3 Å². The van der Waals surface area contributed by atoms with Gasteiger partial charge in [0.15, 0.2) is 0 Å². The smallest absolute Gasteiger partial charge is 0.249 e. The zero-order chi connectivity index (χ0) is 32.5. The summed E-state index contributed by atoms with van der Waals surface area (Å²) in [5, 5.41) is 11.0. The van der Waals surface area contributed by atoms with Crippen LogP contribution in [0.3, 0.4) is 0 Å². The number of primary sulfonamides is 1. The van der Waals surface area contributed by atoms with E-state index in [1.165, 1.54) is 17.0 Å². The summed E-state index contributed by atoms with van der Waals surface area (Å²) < 4.78 is 27.3. The lowest BCUT2D eigenvalue weighted by Gasteiger charge is -2.23. The van der Waals surface area contributed by atoms with Crippen molar-refractivity contribution in [3.63, 3.8) is 0 Å². The number of fused-ring (bicyclic) bond motifs is 2. The van der Waals surface area contributed by atoms with E-state index in [9.17, 15) is 18.0 Å². The van der Waals surface area contributed by atoms with Crippen LogP contribution in [0, 0.1) is 0 Å². The number of carbonyl (C=O) groups is 2. The molecule has 2 N–H and O–H groups in total. The quantitative estimate of drug-likeness (QED) is 0.179. The molecule has 244 valence electrons. The Kier molecular flexibility index (Phi) is 9.58. The Hall–Kier alpha value is -4.66. The zero-order valence-electron chi connectivity index (χ0n) is 25.3. The Morgan fingerprint density at radius 2 is 1.23 bits per heavy atom. The Bertz CT molecular complexity index is 2210. The molecule has 7 rings (SSSR count).